The zero-order valence-corrected chi connectivity index (χ0v) is 26.1. The van der Waals surface area contributed by atoms with Crippen molar-refractivity contribution in [3.63, 3.8) is 0 Å². The molecule has 1 aliphatic heterocycles. The molecule has 0 bridgehead atoms. The van der Waals surface area contributed by atoms with Crippen molar-refractivity contribution < 1.29 is 45.2 Å². The first-order valence-corrected chi connectivity index (χ1v) is 14.8. The van der Waals surface area contributed by atoms with Gasteiger partial charge in [-0.15, -0.1) is 0 Å². The number of ether oxygens (including phenoxy) is 2. The Morgan fingerprint density at radius 1 is 1.11 bits per heavy atom. The Hall–Kier alpha value is -4.92. The second-order valence-electron chi connectivity index (χ2n) is 11.9. The van der Waals surface area contributed by atoms with Crippen molar-refractivity contribution in [3.05, 3.63) is 83.6 Å². The predicted octanol–water partition coefficient (Wildman–Crippen LogP) is 6.67. The van der Waals surface area contributed by atoms with E-state index in [9.17, 15) is 26.7 Å². The molecule has 2 aromatic heterocycles. The van der Waals surface area contributed by atoms with E-state index in [1.807, 2.05) is 28.1 Å². The summed E-state index contributed by atoms with van der Waals surface area (Å²) >= 11 is 0. The monoisotopic (exact) mass is 661 g/mol. The lowest BCUT2D eigenvalue weighted by molar-refractivity contribution is -0.870. The molecule has 1 atom stereocenters. The molecular formula is C32H34F5N6O4+. The number of imidazole rings is 1. The van der Waals surface area contributed by atoms with Gasteiger partial charge in [0.05, 0.1) is 58.5 Å². The highest BCUT2D eigenvalue weighted by atomic mass is 19.4. The minimum Gasteiger partial charge on any atom is -0.494 e. The van der Waals surface area contributed by atoms with Gasteiger partial charge >= 0.3 is 12.1 Å². The molecular weight excluding hydrogens is 627 g/mol. The van der Waals surface area contributed by atoms with Crippen molar-refractivity contribution in [3.8, 4) is 17.0 Å². The fourth-order valence-corrected chi connectivity index (χ4v) is 4.94. The Morgan fingerprint density at radius 2 is 1.89 bits per heavy atom. The maximum Gasteiger partial charge on any atom is 0.417 e. The van der Waals surface area contributed by atoms with E-state index in [0.717, 1.165) is 12.1 Å². The Labute approximate surface area is 267 Å². The van der Waals surface area contributed by atoms with Crippen LogP contribution >= 0.6 is 0 Å². The van der Waals surface area contributed by atoms with Crippen molar-refractivity contribution in [1.29, 1.82) is 0 Å². The average molecular weight is 662 g/mol. The molecule has 47 heavy (non-hydrogen) atoms. The summed E-state index contributed by atoms with van der Waals surface area (Å²) in [7, 11) is 5.98. The number of aromatic nitrogens is 3. The Balaban J connectivity index is 1.50. The molecule has 0 amide bonds. The van der Waals surface area contributed by atoms with E-state index in [1.54, 1.807) is 0 Å². The summed E-state index contributed by atoms with van der Waals surface area (Å²) in [6, 6.07) is 7.14. The summed E-state index contributed by atoms with van der Waals surface area (Å²) in [4.78, 5) is 17.9. The number of nitrogens with zero attached hydrogens (tertiary/aromatic N) is 5. The molecule has 0 saturated carbocycles. The van der Waals surface area contributed by atoms with Gasteiger partial charge in [-0.2, -0.15) is 13.2 Å². The normalized spacial score (nSPS) is 13.7. The van der Waals surface area contributed by atoms with Gasteiger partial charge in [-0.05, 0) is 42.8 Å². The van der Waals surface area contributed by atoms with Crippen LogP contribution in [0.4, 0.5) is 33.5 Å². The van der Waals surface area contributed by atoms with Crippen LogP contribution in [0, 0.1) is 11.6 Å². The quantitative estimate of drug-likeness (QED) is 0.0779. The molecule has 1 N–H and O–H groups in total. The van der Waals surface area contributed by atoms with Crippen LogP contribution in [0.5, 0.6) is 5.75 Å². The summed E-state index contributed by atoms with van der Waals surface area (Å²) in [5.41, 5.74) is 1.67. The fourth-order valence-electron chi connectivity index (χ4n) is 4.94. The maximum absolute atomic E-state index is 14.5. The lowest BCUT2D eigenvalue weighted by atomic mass is 10.0. The van der Waals surface area contributed by atoms with Gasteiger partial charge in [-0.25, -0.2) is 18.6 Å². The van der Waals surface area contributed by atoms with Gasteiger partial charge in [0.25, 0.3) is 0 Å². The number of hydrogen-bond acceptors (Lipinski definition) is 8. The van der Waals surface area contributed by atoms with Gasteiger partial charge < -0.3 is 23.0 Å². The van der Waals surface area contributed by atoms with Gasteiger partial charge in [0.1, 0.15) is 17.1 Å². The molecule has 2 aromatic carbocycles. The van der Waals surface area contributed by atoms with Crippen molar-refractivity contribution in [2.24, 2.45) is 0 Å². The molecule has 10 nitrogen and oxygen atoms in total. The van der Waals surface area contributed by atoms with Crippen molar-refractivity contribution in [1.82, 2.24) is 14.7 Å². The number of fused-ring (bicyclic) bond motifs is 1. The van der Waals surface area contributed by atoms with Crippen LogP contribution in [0.2, 0.25) is 0 Å². The van der Waals surface area contributed by atoms with E-state index in [1.165, 1.54) is 58.5 Å². The van der Waals surface area contributed by atoms with Crippen LogP contribution in [-0.4, -0.2) is 66.1 Å². The molecule has 3 heterocycles. The number of rotatable bonds is 12. The third kappa shape index (κ3) is 7.56. The number of benzene rings is 2. The van der Waals surface area contributed by atoms with Crippen LogP contribution in [0.3, 0.4) is 0 Å². The Morgan fingerprint density at radius 3 is 2.62 bits per heavy atom. The van der Waals surface area contributed by atoms with Crippen LogP contribution in [-0.2, 0) is 15.7 Å². The van der Waals surface area contributed by atoms with Gasteiger partial charge in [0, 0.05) is 24.3 Å². The zero-order valence-electron chi connectivity index (χ0n) is 26.1. The Kier molecular flexibility index (Phi) is 9.56. The molecule has 1 unspecified atom stereocenters. The molecule has 5 rings (SSSR count). The highest BCUT2D eigenvalue weighted by molar-refractivity contribution is 5.80. The van der Waals surface area contributed by atoms with Gasteiger partial charge in [0.15, 0.2) is 29.3 Å². The van der Waals surface area contributed by atoms with Crippen molar-refractivity contribution in [2.75, 3.05) is 51.3 Å². The summed E-state index contributed by atoms with van der Waals surface area (Å²) in [5, 5.41) is 5.11. The SMILES string of the molecule is CCCOc1ccc(-c2cc(C(C(=O)OCCC[N+](C)(C)C)n3cnc4c3C=CN(c3cccc(F)c3F)N4)on2)c(C(F)(F)F)c1. The zero-order chi connectivity index (χ0) is 33.9. The summed E-state index contributed by atoms with van der Waals surface area (Å²) in [6.45, 7) is 2.87. The first kappa shape index (κ1) is 33.4. The van der Waals surface area contributed by atoms with E-state index in [0.29, 0.717) is 29.6 Å². The standard InChI is InChI=1S/C32H34F5N6O4/c1-5-15-45-20-10-11-21(22(17-20)32(35,36)37)24-18-27(47-40-24)29(31(44)46-16-7-14-43(2,3)4)41-19-38-30-26(41)12-13-42(39-30)25-9-6-8-23(33)28(25)34/h6,8-13,17-19,29,39H,5,7,14-16H2,1-4H3/q+1. The Bertz CT molecular complexity index is 1760. The van der Waals surface area contributed by atoms with Crippen LogP contribution < -0.4 is 15.2 Å². The maximum atomic E-state index is 14.5. The van der Waals surface area contributed by atoms with E-state index in [2.05, 4.69) is 15.6 Å². The van der Waals surface area contributed by atoms with Crippen LogP contribution in [0.1, 0.15) is 42.8 Å². The van der Waals surface area contributed by atoms with Crippen LogP contribution in [0.15, 0.2) is 59.5 Å². The lowest BCUT2D eigenvalue weighted by Gasteiger charge is -2.26. The van der Waals surface area contributed by atoms with Crippen molar-refractivity contribution >= 4 is 23.6 Å². The summed E-state index contributed by atoms with van der Waals surface area (Å²) < 4.78 is 89.3. The number of carbonyl (C=O) groups is 1. The van der Waals surface area contributed by atoms with E-state index < -0.39 is 35.4 Å². The summed E-state index contributed by atoms with van der Waals surface area (Å²) in [5.74, 6) is -2.76. The minimum atomic E-state index is -4.74. The minimum absolute atomic E-state index is 0.0541. The van der Waals surface area contributed by atoms with E-state index in [4.69, 9.17) is 14.0 Å². The molecule has 0 saturated heterocycles. The summed E-state index contributed by atoms with van der Waals surface area (Å²) in [6.07, 6.45) is 0.638. The third-order valence-corrected chi connectivity index (χ3v) is 7.19. The third-order valence-electron chi connectivity index (χ3n) is 7.19. The second kappa shape index (κ2) is 13.4. The van der Waals surface area contributed by atoms with Gasteiger partial charge in [0.2, 0.25) is 0 Å². The van der Waals surface area contributed by atoms with E-state index >= 15 is 0 Å². The average Bonchev–Trinajstić information content (AvgIpc) is 3.66. The first-order chi connectivity index (χ1) is 22.3. The molecule has 0 aliphatic carbocycles. The molecule has 15 heteroatoms. The molecule has 4 aromatic rings. The fraction of sp³-hybridized carbons (Fsp3) is 0.344. The molecule has 0 radical (unpaired) electrons. The number of esters is 1. The van der Waals surface area contributed by atoms with E-state index in [-0.39, 0.29) is 47.5 Å². The van der Waals surface area contributed by atoms with Crippen molar-refractivity contribution in [2.45, 2.75) is 32.0 Å². The number of halogens is 5. The molecule has 0 spiro atoms. The number of quaternary nitrogens is 1. The first-order valence-electron chi connectivity index (χ1n) is 14.8. The number of alkyl halides is 3. The van der Waals surface area contributed by atoms with Crippen LogP contribution in [0.25, 0.3) is 17.3 Å². The van der Waals surface area contributed by atoms with Gasteiger partial charge in [-0.3, -0.25) is 10.4 Å². The lowest BCUT2D eigenvalue weighted by Crippen LogP contribution is -2.36. The smallest absolute Gasteiger partial charge is 0.417 e. The number of anilines is 2. The highest BCUT2D eigenvalue weighted by Gasteiger charge is 2.37. The molecule has 1 aliphatic rings. The molecule has 250 valence electrons. The molecule has 0 fully saturated rings. The number of hydrogen-bond donors (Lipinski definition) is 1. The highest BCUT2D eigenvalue weighted by Crippen LogP contribution is 2.40. The predicted molar refractivity (Wildman–Crippen MR) is 163 cm³/mol. The van der Waals surface area contributed by atoms with Gasteiger partial charge in [-0.1, -0.05) is 18.1 Å². The number of nitrogens with one attached hydrogen (secondary N) is 1. The second-order valence-corrected chi connectivity index (χ2v) is 11.9. The number of hydrazine groups is 1. The number of carbonyl (C=O) groups excluding carboxylic acids is 1. The topological polar surface area (TPSA) is 94.7 Å². The largest absolute Gasteiger partial charge is 0.494 e.